The van der Waals surface area contributed by atoms with Crippen molar-refractivity contribution in [3.05, 3.63) is 60.2 Å². The first kappa shape index (κ1) is 15.7. The average Bonchev–Trinajstić information content (AvgIpc) is 2.67. The standard InChI is InChI=1S/C23H22N2O/c1-24-11-13-25(14-12-24)15-21(26)19-9-7-18-6-5-16-3-2-4-17-8-10-20(19)23(18)22(16)17/h2-10H,11-15H2,1H3. The molecule has 4 aromatic rings. The van der Waals surface area contributed by atoms with E-state index in [0.29, 0.717) is 6.54 Å². The van der Waals surface area contributed by atoms with Gasteiger partial charge in [0.1, 0.15) is 0 Å². The Bertz CT molecular complexity index is 1090. The number of likely N-dealkylation sites (N-methyl/N-ethyl adjacent to an activating group) is 1. The molecule has 0 N–H and O–H groups in total. The molecule has 1 aliphatic heterocycles. The van der Waals surface area contributed by atoms with Crippen LogP contribution in [0.1, 0.15) is 10.4 Å². The molecule has 1 aliphatic rings. The second kappa shape index (κ2) is 6.04. The minimum atomic E-state index is 0.229. The number of nitrogens with zero attached hydrogens (tertiary/aromatic N) is 2. The molecule has 3 nitrogen and oxygen atoms in total. The molecule has 0 spiro atoms. The number of hydrogen-bond donors (Lipinski definition) is 0. The number of benzene rings is 4. The summed E-state index contributed by atoms with van der Waals surface area (Å²) in [5.41, 5.74) is 0.856. The molecule has 3 heteroatoms. The fourth-order valence-corrected chi connectivity index (χ4v) is 4.27. The van der Waals surface area contributed by atoms with Gasteiger partial charge in [0, 0.05) is 31.7 Å². The number of hydrogen-bond acceptors (Lipinski definition) is 3. The molecule has 0 bridgehead atoms. The first-order valence-electron chi connectivity index (χ1n) is 9.31. The third-order valence-electron chi connectivity index (χ3n) is 5.79. The minimum absolute atomic E-state index is 0.229. The summed E-state index contributed by atoms with van der Waals surface area (Å²) >= 11 is 0. The van der Waals surface area contributed by atoms with Gasteiger partial charge in [-0.1, -0.05) is 54.6 Å². The van der Waals surface area contributed by atoms with Crippen LogP contribution in [0.3, 0.4) is 0 Å². The highest BCUT2D eigenvalue weighted by atomic mass is 16.1. The Labute approximate surface area is 153 Å². The van der Waals surface area contributed by atoms with Crippen LogP contribution in [0.25, 0.3) is 32.3 Å². The Morgan fingerprint density at radius 2 is 1.42 bits per heavy atom. The van der Waals surface area contributed by atoms with Crippen molar-refractivity contribution in [3.63, 3.8) is 0 Å². The second-order valence-electron chi connectivity index (χ2n) is 7.47. The van der Waals surface area contributed by atoms with E-state index < -0.39 is 0 Å². The van der Waals surface area contributed by atoms with E-state index in [1.165, 1.54) is 26.9 Å². The zero-order valence-corrected chi connectivity index (χ0v) is 15.0. The number of Topliss-reactive ketones (excluding diaryl/α,β-unsaturated/α-hetero) is 1. The average molecular weight is 342 g/mol. The van der Waals surface area contributed by atoms with Crippen LogP contribution >= 0.6 is 0 Å². The summed E-state index contributed by atoms with van der Waals surface area (Å²) in [6.07, 6.45) is 0. The largest absolute Gasteiger partial charge is 0.304 e. The van der Waals surface area contributed by atoms with E-state index >= 15 is 0 Å². The molecule has 1 heterocycles. The van der Waals surface area contributed by atoms with E-state index in [-0.39, 0.29) is 5.78 Å². The highest BCUT2D eigenvalue weighted by Crippen LogP contribution is 2.36. The molecule has 4 aromatic carbocycles. The highest BCUT2D eigenvalue weighted by molar-refractivity contribution is 6.26. The van der Waals surface area contributed by atoms with E-state index in [1.54, 1.807) is 0 Å². The lowest BCUT2D eigenvalue weighted by Crippen LogP contribution is -2.46. The van der Waals surface area contributed by atoms with E-state index in [4.69, 9.17) is 0 Å². The Hall–Kier alpha value is -2.49. The summed E-state index contributed by atoms with van der Waals surface area (Å²) in [6.45, 7) is 4.51. The fourth-order valence-electron chi connectivity index (χ4n) is 4.27. The molecular formula is C23H22N2O. The lowest BCUT2D eigenvalue weighted by atomic mass is 9.91. The van der Waals surface area contributed by atoms with Crippen LogP contribution in [0.4, 0.5) is 0 Å². The van der Waals surface area contributed by atoms with Crippen molar-refractivity contribution in [1.29, 1.82) is 0 Å². The van der Waals surface area contributed by atoms with Crippen LogP contribution < -0.4 is 0 Å². The maximum Gasteiger partial charge on any atom is 0.177 e. The van der Waals surface area contributed by atoms with Crippen molar-refractivity contribution in [2.24, 2.45) is 0 Å². The van der Waals surface area contributed by atoms with Gasteiger partial charge < -0.3 is 4.90 Å². The summed E-state index contributed by atoms with van der Waals surface area (Å²) in [5, 5.41) is 7.28. The van der Waals surface area contributed by atoms with E-state index in [0.717, 1.165) is 37.1 Å². The summed E-state index contributed by atoms with van der Waals surface area (Å²) in [4.78, 5) is 17.7. The number of ketones is 1. The highest BCUT2D eigenvalue weighted by Gasteiger charge is 2.20. The maximum atomic E-state index is 13.1. The maximum absolute atomic E-state index is 13.1. The van der Waals surface area contributed by atoms with Crippen LogP contribution in [-0.4, -0.2) is 55.4 Å². The van der Waals surface area contributed by atoms with Crippen LogP contribution in [0.2, 0.25) is 0 Å². The number of carbonyl (C=O) groups excluding carboxylic acids is 1. The third kappa shape index (κ3) is 2.47. The molecule has 0 amide bonds. The molecule has 1 saturated heterocycles. The summed E-state index contributed by atoms with van der Waals surface area (Å²) in [7, 11) is 2.14. The van der Waals surface area contributed by atoms with Gasteiger partial charge in [-0.2, -0.15) is 0 Å². The van der Waals surface area contributed by atoms with Gasteiger partial charge in [-0.15, -0.1) is 0 Å². The van der Waals surface area contributed by atoms with Crippen LogP contribution in [-0.2, 0) is 0 Å². The van der Waals surface area contributed by atoms with Crippen LogP contribution in [0.15, 0.2) is 54.6 Å². The minimum Gasteiger partial charge on any atom is -0.304 e. The van der Waals surface area contributed by atoms with Gasteiger partial charge in [-0.25, -0.2) is 0 Å². The van der Waals surface area contributed by atoms with Gasteiger partial charge in [0.15, 0.2) is 5.78 Å². The molecule has 0 radical (unpaired) electrons. The van der Waals surface area contributed by atoms with E-state index in [2.05, 4.69) is 65.4 Å². The third-order valence-corrected chi connectivity index (χ3v) is 5.79. The molecule has 0 saturated carbocycles. The normalized spacial score (nSPS) is 16.8. The zero-order valence-electron chi connectivity index (χ0n) is 15.0. The van der Waals surface area contributed by atoms with Crippen LogP contribution in [0, 0.1) is 0 Å². The Kier molecular flexibility index (Phi) is 3.66. The quantitative estimate of drug-likeness (QED) is 0.415. The van der Waals surface area contributed by atoms with Gasteiger partial charge in [0.05, 0.1) is 6.54 Å². The molecule has 0 unspecified atom stereocenters. The predicted octanol–water partition coefficient (Wildman–Crippen LogP) is 4.01. The second-order valence-corrected chi connectivity index (χ2v) is 7.47. The number of piperazine rings is 1. The molecule has 1 fully saturated rings. The Morgan fingerprint density at radius 3 is 2.15 bits per heavy atom. The van der Waals surface area contributed by atoms with Gasteiger partial charge in [-0.3, -0.25) is 9.69 Å². The van der Waals surface area contributed by atoms with E-state index in [1.807, 2.05) is 6.07 Å². The molecule has 0 aromatic heterocycles. The molecule has 5 rings (SSSR count). The molecule has 26 heavy (non-hydrogen) atoms. The molecule has 0 aliphatic carbocycles. The topological polar surface area (TPSA) is 23.6 Å². The number of rotatable bonds is 3. The molecular weight excluding hydrogens is 320 g/mol. The number of carbonyl (C=O) groups is 1. The molecule has 0 atom stereocenters. The molecule has 130 valence electrons. The first-order chi connectivity index (χ1) is 12.7. The first-order valence-corrected chi connectivity index (χ1v) is 9.31. The van der Waals surface area contributed by atoms with Gasteiger partial charge >= 0.3 is 0 Å². The van der Waals surface area contributed by atoms with Crippen molar-refractivity contribution < 1.29 is 4.79 Å². The van der Waals surface area contributed by atoms with E-state index in [9.17, 15) is 4.79 Å². The smallest absolute Gasteiger partial charge is 0.177 e. The monoisotopic (exact) mass is 342 g/mol. The van der Waals surface area contributed by atoms with Crippen molar-refractivity contribution in [2.45, 2.75) is 0 Å². The lowest BCUT2D eigenvalue weighted by molar-refractivity contribution is 0.0878. The van der Waals surface area contributed by atoms with Crippen molar-refractivity contribution in [1.82, 2.24) is 9.80 Å². The van der Waals surface area contributed by atoms with Crippen molar-refractivity contribution >= 4 is 38.1 Å². The lowest BCUT2D eigenvalue weighted by Gasteiger charge is -2.31. The van der Waals surface area contributed by atoms with Crippen molar-refractivity contribution in [2.75, 3.05) is 39.8 Å². The Morgan fingerprint density at radius 1 is 0.808 bits per heavy atom. The Balaban J connectivity index is 1.60. The fraction of sp³-hybridized carbons (Fsp3) is 0.261. The SMILES string of the molecule is CN1CCN(CC(=O)c2ccc3ccc4cccc5ccc2c3c45)CC1. The summed E-state index contributed by atoms with van der Waals surface area (Å²) in [6, 6.07) is 19.1. The van der Waals surface area contributed by atoms with Gasteiger partial charge in [0.2, 0.25) is 0 Å². The van der Waals surface area contributed by atoms with Gasteiger partial charge in [0.25, 0.3) is 0 Å². The zero-order chi connectivity index (χ0) is 17.7. The van der Waals surface area contributed by atoms with Gasteiger partial charge in [-0.05, 0) is 39.4 Å². The van der Waals surface area contributed by atoms with Crippen LogP contribution in [0.5, 0.6) is 0 Å². The summed E-state index contributed by atoms with van der Waals surface area (Å²) in [5.74, 6) is 0.229. The van der Waals surface area contributed by atoms with Crippen molar-refractivity contribution in [3.8, 4) is 0 Å². The summed E-state index contributed by atoms with van der Waals surface area (Å²) < 4.78 is 0. The predicted molar refractivity (Wildman–Crippen MR) is 108 cm³/mol.